The van der Waals surface area contributed by atoms with Gasteiger partial charge in [-0.3, -0.25) is 4.90 Å². The van der Waals surface area contributed by atoms with Crippen molar-refractivity contribution in [1.82, 2.24) is 14.9 Å². The Morgan fingerprint density at radius 1 is 1.26 bits per heavy atom. The molecule has 0 saturated carbocycles. The van der Waals surface area contributed by atoms with Gasteiger partial charge in [0.15, 0.2) is 0 Å². The van der Waals surface area contributed by atoms with Crippen molar-refractivity contribution in [2.45, 2.75) is 25.9 Å². The molecule has 0 aromatic carbocycles. The summed E-state index contributed by atoms with van der Waals surface area (Å²) in [5, 5.41) is 0. The Bertz CT molecular complexity index is 436. The van der Waals surface area contributed by atoms with Gasteiger partial charge in [0.2, 0.25) is 5.95 Å². The van der Waals surface area contributed by atoms with Gasteiger partial charge in [0.25, 0.3) is 0 Å². The highest BCUT2D eigenvalue weighted by Gasteiger charge is 2.27. The van der Waals surface area contributed by atoms with Crippen molar-refractivity contribution in [3.8, 4) is 0 Å². The van der Waals surface area contributed by atoms with E-state index in [2.05, 4.69) is 45.4 Å². The summed E-state index contributed by atoms with van der Waals surface area (Å²) < 4.78 is 4.63. The molecule has 0 spiro atoms. The number of rotatable bonds is 2. The molecule has 1 fully saturated rings. The molecule has 6 nitrogen and oxygen atoms in total. The minimum Gasteiger partial charge on any atom is -0.465 e. The average molecular weight is 264 g/mol. The summed E-state index contributed by atoms with van der Waals surface area (Å²) in [7, 11) is 3.48. The van der Waals surface area contributed by atoms with Gasteiger partial charge in [0, 0.05) is 37.6 Å². The summed E-state index contributed by atoms with van der Waals surface area (Å²) in [4.78, 5) is 24.3. The highest BCUT2D eigenvalue weighted by atomic mass is 16.5. The molecule has 1 aromatic rings. The number of methoxy groups -OCH3 is 1. The van der Waals surface area contributed by atoms with Crippen LogP contribution in [0.4, 0.5) is 5.95 Å². The molecule has 0 bridgehead atoms. The lowest BCUT2D eigenvalue weighted by atomic mass is 10.1. The zero-order chi connectivity index (χ0) is 14.0. The van der Waals surface area contributed by atoms with Crippen LogP contribution in [0.5, 0.6) is 0 Å². The first-order valence-corrected chi connectivity index (χ1v) is 6.40. The molecule has 2 heterocycles. The van der Waals surface area contributed by atoms with E-state index in [9.17, 15) is 4.79 Å². The molecule has 0 radical (unpaired) electrons. The topological polar surface area (TPSA) is 58.6 Å². The minimum absolute atomic E-state index is 0.376. The number of nitrogens with zero attached hydrogens (tertiary/aromatic N) is 4. The van der Waals surface area contributed by atoms with Crippen molar-refractivity contribution < 1.29 is 9.53 Å². The van der Waals surface area contributed by atoms with E-state index in [4.69, 9.17) is 0 Å². The number of ether oxygens (including phenoxy) is 1. The van der Waals surface area contributed by atoms with Gasteiger partial charge in [-0.05, 0) is 20.9 Å². The maximum Gasteiger partial charge on any atom is 0.341 e. The smallest absolute Gasteiger partial charge is 0.341 e. The normalized spacial score (nSPS) is 24.3. The van der Waals surface area contributed by atoms with Gasteiger partial charge in [-0.25, -0.2) is 14.8 Å². The van der Waals surface area contributed by atoms with Crippen molar-refractivity contribution in [2.24, 2.45) is 0 Å². The summed E-state index contributed by atoms with van der Waals surface area (Å²) in [5.41, 5.74) is 0.376. The Morgan fingerprint density at radius 2 is 1.79 bits per heavy atom. The molecule has 2 unspecified atom stereocenters. The lowest BCUT2D eigenvalue weighted by molar-refractivity contribution is 0.0599. The van der Waals surface area contributed by atoms with Crippen LogP contribution in [-0.2, 0) is 4.74 Å². The van der Waals surface area contributed by atoms with Crippen LogP contribution in [-0.4, -0.2) is 60.2 Å². The van der Waals surface area contributed by atoms with E-state index >= 15 is 0 Å². The molecule has 2 rings (SSSR count). The quantitative estimate of drug-likeness (QED) is 0.736. The van der Waals surface area contributed by atoms with Crippen molar-refractivity contribution in [3.63, 3.8) is 0 Å². The fraction of sp³-hybridized carbons (Fsp3) is 0.615. The molecule has 0 aliphatic carbocycles. The van der Waals surface area contributed by atoms with E-state index in [-0.39, 0.29) is 0 Å². The van der Waals surface area contributed by atoms with Gasteiger partial charge in [-0.1, -0.05) is 0 Å². The molecule has 2 atom stereocenters. The third-order valence-corrected chi connectivity index (χ3v) is 3.70. The zero-order valence-corrected chi connectivity index (χ0v) is 11.8. The molecular weight excluding hydrogens is 244 g/mol. The third-order valence-electron chi connectivity index (χ3n) is 3.70. The Labute approximate surface area is 113 Å². The van der Waals surface area contributed by atoms with Crippen LogP contribution in [0.15, 0.2) is 12.4 Å². The minimum atomic E-state index is -0.410. The van der Waals surface area contributed by atoms with Crippen LogP contribution >= 0.6 is 0 Å². The monoisotopic (exact) mass is 264 g/mol. The second kappa shape index (κ2) is 5.52. The Balaban J connectivity index is 2.12. The first-order valence-electron chi connectivity index (χ1n) is 6.40. The highest BCUT2D eigenvalue weighted by molar-refractivity contribution is 5.88. The molecule has 19 heavy (non-hydrogen) atoms. The number of esters is 1. The molecular formula is C13H20N4O2. The summed E-state index contributed by atoms with van der Waals surface area (Å²) in [6.45, 7) is 6.15. The van der Waals surface area contributed by atoms with Crippen LogP contribution in [0.1, 0.15) is 24.2 Å². The van der Waals surface area contributed by atoms with Gasteiger partial charge >= 0.3 is 5.97 Å². The maximum absolute atomic E-state index is 11.3. The first-order chi connectivity index (χ1) is 9.02. The number of carbonyl (C=O) groups is 1. The number of likely N-dealkylation sites (N-methyl/N-ethyl adjacent to an activating group) is 1. The fourth-order valence-corrected chi connectivity index (χ4v) is 2.28. The van der Waals surface area contributed by atoms with Crippen molar-refractivity contribution in [2.75, 3.05) is 32.1 Å². The Morgan fingerprint density at radius 3 is 2.26 bits per heavy atom. The predicted octanol–water partition coefficient (Wildman–Crippen LogP) is 0.792. The van der Waals surface area contributed by atoms with Crippen LogP contribution in [0, 0.1) is 0 Å². The molecule has 1 aliphatic rings. The van der Waals surface area contributed by atoms with E-state index in [1.807, 2.05) is 0 Å². The number of hydrogen-bond acceptors (Lipinski definition) is 6. The van der Waals surface area contributed by atoms with E-state index < -0.39 is 5.97 Å². The van der Waals surface area contributed by atoms with E-state index in [0.29, 0.717) is 23.6 Å². The van der Waals surface area contributed by atoms with Crippen molar-refractivity contribution in [3.05, 3.63) is 18.0 Å². The molecule has 6 heteroatoms. The van der Waals surface area contributed by atoms with Gasteiger partial charge in [-0.15, -0.1) is 0 Å². The summed E-state index contributed by atoms with van der Waals surface area (Å²) >= 11 is 0. The van der Waals surface area contributed by atoms with Gasteiger partial charge < -0.3 is 9.64 Å². The lowest BCUT2D eigenvalue weighted by Gasteiger charge is -2.42. The number of hydrogen-bond donors (Lipinski definition) is 0. The number of piperazine rings is 1. The number of aromatic nitrogens is 2. The summed E-state index contributed by atoms with van der Waals surface area (Å²) in [6, 6.07) is 0.903. The third kappa shape index (κ3) is 2.84. The van der Waals surface area contributed by atoms with E-state index in [1.54, 1.807) is 0 Å². The van der Waals surface area contributed by atoms with Gasteiger partial charge in [-0.2, -0.15) is 0 Å². The highest BCUT2D eigenvalue weighted by Crippen LogP contribution is 2.17. The maximum atomic E-state index is 11.3. The number of anilines is 1. The summed E-state index contributed by atoms with van der Waals surface area (Å²) in [6.07, 6.45) is 3.03. The molecule has 1 saturated heterocycles. The second-order valence-corrected chi connectivity index (χ2v) is 5.03. The van der Waals surface area contributed by atoms with Gasteiger partial charge in [0.1, 0.15) is 0 Å². The number of carbonyl (C=O) groups excluding carboxylic acids is 1. The predicted molar refractivity (Wildman–Crippen MR) is 72.3 cm³/mol. The molecule has 104 valence electrons. The molecule has 0 amide bonds. The largest absolute Gasteiger partial charge is 0.465 e. The first kappa shape index (κ1) is 13.7. The van der Waals surface area contributed by atoms with Crippen molar-refractivity contribution >= 4 is 11.9 Å². The Hall–Kier alpha value is -1.69. The average Bonchev–Trinajstić information content (AvgIpc) is 2.43. The molecule has 1 aliphatic heterocycles. The zero-order valence-electron chi connectivity index (χ0n) is 11.8. The van der Waals surface area contributed by atoms with Crippen LogP contribution in [0.25, 0.3) is 0 Å². The summed E-state index contributed by atoms with van der Waals surface area (Å²) in [5.74, 6) is 0.256. The second-order valence-electron chi connectivity index (χ2n) is 5.03. The molecule has 1 aromatic heterocycles. The lowest BCUT2D eigenvalue weighted by Crippen LogP contribution is -2.55. The van der Waals surface area contributed by atoms with Gasteiger partial charge in [0.05, 0.1) is 12.7 Å². The van der Waals surface area contributed by atoms with E-state index in [0.717, 1.165) is 13.1 Å². The Kier molecular flexibility index (Phi) is 3.99. The van der Waals surface area contributed by atoms with Crippen LogP contribution in [0.2, 0.25) is 0 Å². The standard InChI is InChI=1S/C13H20N4O2/c1-9-7-17(8-10(2)16(9)3)13-14-5-11(6-15-13)12(18)19-4/h5-6,9-10H,7-8H2,1-4H3. The van der Waals surface area contributed by atoms with E-state index in [1.165, 1.54) is 19.5 Å². The van der Waals surface area contributed by atoms with Crippen LogP contribution in [0.3, 0.4) is 0 Å². The SMILES string of the molecule is COC(=O)c1cnc(N2CC(C)N(C)C(C)C2)nc1. The van der Waals surface area contributed by atoms with Crippen LogP contribution < -0.4 is 4.90 Å². The molecule has 0 N–H and O–H groups in total. The fourth-order valence-electron chi connectivity index (χ4n) is 2.28. The van der Waals surface area contributed by atoms with Crippen molar-refractivity contribution in [1.29, 1.82) is 0 Å².